The van der Waals surface area contributed by atoms with Crippen molar-refractivity contribution >= 4 is 33.2 Å². The number of alkyl halides is 1. The molecule has 0 amide bonds. The Hall–Kier alpha value is -0.210. The second kappa shape index (κ2) is 3.26. The third-order valence-electron chi connectivity index (χ3n) is 1.29. The molecule has 0 saturated heterocycles. The van der Waals surface area contributed by atoms with Crippen molar-refractivity contribution < 1.29 is 0 Å². The van der Waals surface area contributed by atoms with E-state index in [2.05, 4.69) is 15.9 Å². The van der Waals surface area contributed by atoms with Crippen LogP contribution < -0.4 is 5.73 Å². The predicted molar refractivity (Wildman–Crippen MR) is 48.1 cm³/mol. The number of anilines is 1. The van der Waals surface area contributed by atoms with Crippen LogP contribution in [-0.4, -0.2) is 0 Å². The fourth-order valence-corrected chi connectivity index (χ4v) is 1.70. The summed E-state index contributed by atoms with van der Waals surface area (Å²) in [6.45, 7) is 0. The Labute approximate surface area is 73.3 Å². The lowest BCUT2D eigenvalue weighted by atomic mass is 10.2. The van der Waals surface area contributed by atoms with Crippen molar-refractivity contribution in [2.45, 2.75) is 5.88 Å². The number of rotatable bonds is 1. The third kappa shape index (κ3) is 1.44. The van der Waals surface area contributed by atoms with Gasteiger partial charge in [0.1, 0.15) is 0 Å². The highest BCUT2D eigenvalue weighted by Gasteiger charge is 2.00. The first-order chi connectivity index (χ1) is 4.75. The Morgan fingerprint density at radius 2 is 2.20 bits per heavy atom. The molecular weight excluding hydrogens is 213 g/mol. The average molecular weight is 220 g/mol. The van der Waals surface area contributed by atoms with Crippen LogP contribution in [0.25, 0.3) is 0 Å². The lowest BCUT2D eigenvalue weighted by Gasteiger charge is -2.02. The summed E-state index contributed by atoms with van der Waals surface area (Å²) in [5, 5.41) is 0. The Bertz CT molecular complexity index is 217. The molecule has 0 saturated carbocycles. The number of benzene rings is 1. The number of hydrogen-bond donors (Lipinski definition) is 1. The summed E-state index contributed by atoms with van der Waals surface area (Å²) in [6, 6.07) is 5.64. The maximum absolute atomic E-state index is 5.63. The molecule has 0 aliphatic rings. The first-order valence-electron chi connectivity index (χ1n) is 2.84. The van der Waals surface area contributed by atoms with E-state index in [1.165, 1.54) is 0 Å². The molecule has 1 aromatic rings. The summed E-state index contributed by atoms with van der Waals surface area (Å²) >= 11 is 8.97. The SMILES string of the molecule is Nc1cccc(Br)c1CCl. The van der Waals surface area contributed by atoms with Crippen LogP contribution in [-0.2, 0) is 5.88 Å². The molecule has 1 rings (SSSR count). The van der Waals surface area contributed by atoms with Gasteiger partial charge < -0.3 is 5.73 Å². The normalized spacial score (nSPS) is 9.80. The van der Waals surface area contributed by atoms with Crippen molar-refractivity contribution in [3.8, 4) is 0 Å². The molecule has 0 aromatic heterocycles. The Balaban J connectivity index is 3.17. The van der Waals surface area contributed by atoms with Crippen LogP contribution in [0, 0.1) is 0 Å². The van der Waals surface area contributed by atoms with Crippen LogP contribution in [0.5, 0.6) is 0 Å². The van der Waals surface area contributed by atoms with Crippen molar-refractivity contribution in [1.29, 1.82) is 0 Å². The van der Waals surface area contributed by atoms with Crippen LogP contribution in [0.3, 0.4) is 0 Å². The number of nitrogen functional groups attached to an aromatic ring is 1. The molecular formula is C7H7BrClN. The van der Waals surface area contributed by atoms with Crippen LogP contribution in [0.4, 0.5) is 5.69 Å². The largest absolute Gasteiger partial charge is 0.398 e. The van der Waals surface area contributed by atoms with Gasteiger partial charge >= 0.3 is 0 Å². The van der Waals surface area contributed by atoms with Crippen molar-refractivity contribution in [2.75, 3.05) is 5.73 Å². The highest BCUT2D eigenvalue weighted by molar-refractivity contribution is 9.10. The summed E-state index contributed by atoms with van der Waals surface area (Å²) in [5.41, 5.74) is 7.32. The van der Waals surface area contributed by atoms with E-state index >= 15 is 0 Å². The highest BCUT2D eigenvalue weighted by atomic mass is 79.9. The standard InChI is InChI=1S/C7H7BrClN/c8-6-2-1-3-7(10)5(6)4-9/h1-3H,4,10H2. The minimum absolute atomic E-state index is 0.452. The summed E-state index contributed by atoms with van der Waals surface area (Å²) in [5.74, 6) is 0.452. The topological polar surface area (TPSA) is 26.0 Å². The van der Waals surface area contributed by atoms with Gasteiger partial charge in [0.2, 0.25) is 0 Å². The third-order valence-corrected chi connectivity index (χ3v) is 2.30. The van der Waals surface area contributed by atoms with Gasteiger partial charge in [0.15, 0.2) is 0 Å². The first-order valence-corrected chi connectivity index (χ1v) is 4.17. The summed E-state index contributed by atoms with van der Waals surface area (Å²) in [4.78, 5) is 0. The Kier molecular flexibility index (Phi) is 2.57. The van der Waals surface area contributed by atoms with Gasteiger partial charge in [0.25, 0.3) is 0 Å². The van der Waals surface area contributed by atoms with Crippen LogP contribution in [0.1, 0.15) is 5.56 Å². The van der Waals surface area contributed by atoms with Crippen molar-refractivity contribution in [1.82, 2.24) is 0 Å². The Morgan fingerprint density at radius 1 is 1.50 bits per heavy atom. The molecule has 1 aromatic carbocycles. The summed E-state index contributed by atoms with van der Waals surface area (Å²) < 4.78 is 0.975. The molecule has 0 aliphatic heterocycles. The van der Waals surface area contributed by atoms with E-state index in [9.17, 15) is 0 Å². The zero-order valence-electron chi connectivity index (χ0n) is 5.27. The number of halogens is 2. The molecule has 0 bridgehead atoms. The van der Waals surface area contributed by atoms with Crippen molar-refractivity contribution in [3.63, 3.8) is 0 Å². The smallest absolute Gasteiger partial charge is 0.0505 e. The molecule has 1 nitrogen and oxygen atoms in total. The van der Waals surface area contributed by atoms with Crippen LogP contribution >= 0.6 is 27.5 Å². The van der Waals surface area contributed by atoms with E-state index in [0.717, 1.165) is 15.7 Å². The monoisotopic (exact) mass is 219 g/mol. The lowest BCUT2D eigenvalue weighted by Crippen LogP contribution is -1.91. The molecule has 10 heavy (non-hydrogen) atoms. The fourth-order valence-electron chi connectivity index (χ4n) is 0.716. The fraction of sp³-hybridized carbons (Fsp3) is 0.143. The van der Waals surface area contributed by atoms with Gasteiger partial charge in [-0.25, -0.2) is 0 Å². The molecule has 0 atom stereocenters. The molecule has 2 N–H and O–H groups in total. The molecule has 54 valence electrons. The van der Waals surface area contributed by atoms with Crippen molar-refractivity contribution in [2.24, 2.45) is 0 Å². The first kappa shape index (κ1) is 7.89. The molecule has 3 heteroatoms. The summed E-state index contributed by atoms with van der Waals surface area (Å²) in [6.07, 6.45) is 0. The minimum Gasteiger partial charge on any atom is -0.398 e. The van der Waals surface area contributed by atoms with Gasteiger partial charge in [-0.1, -0.05) is 22.0 Å². The van der Waals surface area contributed by atoms with Gasteiger partial charge in [0, 0.05) is 15.7 Å². The maximum Gasteiger partial charge on any atom is 0.0505 e. The molecule has 0 unspecified atom stereocenters. The zero-order chi connectivity index (χ0) is 7.56. The molecule has 0 heterocycles. The van der Waals surface area contributed by atoms with Crippen molar-refractivity contribution in [3.05, 3.63) is 28.2 Å². The molecule has 0 radical (unpaired) electrons. The van der Waals surface area contributed by atoms with E-state index in [0.29, 0.717) is 5.88 Å². The van der Waals surface area contributed by atoms with E-state index in [1.54, 1.807) is 0 Å². The zero-order valence-corrected chi connectivity index (χ0v) is 7.61. The van der Waals surface area contributed by atoms with E-state index in [1.807, 2.05) is 18.2 Å². The van der Waals surface area contributed by atoms with Gasteiger partial charge in [-0.15, -0.1) is 11.6 Å². The second-order valence-corrected chi connectivity index (χ2v) is 3.06. The molecule has 0 spiro atoms. The number of hydrogen-bond acceptors (Lipinski definition) is 1. The van der Waals surface area contributed by atoms with Gasteiger partial charge in [-0.3, -0.25) is 0 Å². The maximum atomic E-state index is 5.63. The quantitative estimate of drug-likeness (QED) is 0.572. The van der Waals surface area contributed by atoms with Crippen LogP contribution in [0.15, 0.2) is 22.7 Å². The second-order valence-electron chi connectivity index (χ2n) is 1.94. The molecule has 0 fully saturated rings. The van der Waals surface area contributed by atoms with E-state index < -0.39 is 0 Å². The van der Waals surface area contributed by atoms with E-state index in [-0.39, 0.29) is 0 Å². The number of nitrogens with two attached hydrogens (primary N) is 1. The average Bonchev–Trinajstić information content (AvgIpc) is 1.88. The highest BCUT2D eigenvalue weighted by Crippen LogP contribution is 2.23. The van der Waals surface area contributed by atoms with Gasteiger partial charge in [0.05, 0.1) is 5.88 Å². The minimum atomic E-state index is 0.452. The van der Waals surface area contributed by atoms with Gasteiger partial charge in [-0.2, -0.15) is 0 Å². The Morgan fingerprint density at radius 3 is 2.60 bits per heavy atom. The van der Waals surface area contributed by atoms with Crippen LogP contribution in [0.2, 0.25) is 0 Å². The predicted octanol–water partition coefficient (Wildman–Crippen LogP) is 2.77. The lowest BCUT2D eigenvalue weighted by molar-refractivity contribution is 1.37. The van der Waals surface area contributed by atoms with Gasteiger partial charge in [-0.05, 0) is 12.1 Å². The van der Waals surface area contributed by atoms with E-state index in [4.69, 9.17) is 17.3 Å². The molecule has 0 aliphatic carbocycles. The summed E-state index contributed by atoms with van der Waals surface area (Å²) in [7, 11) is 0.